The molecule has 0 aliphatic carbocycles. The van der Waals surface area contributed by atoms with Gasteiger partial charge in [-0.25, -0.2) is 4.57 Å². The first-order valence-corrected chi connectivity index (χ1v) is 13.0. The molecule has 0 spiro atoms. The van der Waals surface area contributed by atoms with Crippen molar-refractivity contribution < 1.29 is 41.3 Å². The second-order valence-corrected chi connectivity index (χ2v) is 9.81. The number of benzene rings is 2. The highest BCUT2D eigenvalue weighted by molar-refractivity contribution is 7.54. The minimum absolute atomic E-state index is 0.255. The van der Waals surface area contributed by atoms with Crippen LogP contribution in [0.15, 0.2) is 54.6 Å². The van der Waals surface area contributed by atoms with Gasteiger partial charge in [0.1, 0.15) is 11.9 Å². The number of phosphoric ester groups is 1. The highest BCUT2D eigenvalue weighted by Gasteiger charge is 2.28. The van der Waals surface area contributed by atoms with Crippen LogP contribution in [0.3, 0.4) is 0 Å². The van der Waals surface area contributed by atoms with Gasteiger partial charge in [-0.3, -0.25) is 18.4 Å². The minimum Gasteiger partial charge on any atom is -0.469 e. The fraction of sp³-hybridized carbons (Fsp3) is 0.381. The van der Waals surface area contributed by atoms with E-state index in [0.29, 0.717) is 5.75 Å². The Labute approximate surface area is 189 Å². The van der Waals surface area contributed by atoms with Crippen LogP contribution in [0.25, 0.3) is 11.1 Å². The molecule has 0 aromatic heterocycles. The van der Waals surface area contributed by atoms with Crippen LogP contribution in [-0.2, 0) is 36.8 Å². The molecule has 0 amide bonds. The SMILES string of the molecule is CCOP(=O)(OCC)Oc1ccccc1-c1ccccc1.COC(=O)CP(=O)(OC)OC. The van der Waals surface area contributed by atoms with Crippen LogP contribution < -0.4 is 4.52 Å². The largest absolute Gasteiger partial charge is 0.530 e. The van der Waals surface area contributed by atoms with Gasteiger partial charge in [0.15, 0.2) is 0 Å². The molecule has 0 aliphatic rings. The molecule has 0 bridgehead atoms. The molecule has 0 heterocycles. The molecule has 11 heteroatoms. The molecule has 9 nitrogen and oxygen atoms in total. The summed E-state index contributed by atoms with van der Waals surface area (Å²) in [6.45, 7) is 4.01. The summed E-state index contributed by atoms with van der Waals surface area (Å²) in [5, 5.41) is 0. The van der Waals surface area contributed by atoms with Crippen LogP contribution in [-0.4, -0.2) is 46.7 Å². The first-order chi connectivity index (χ1) is 15.3. The minimum atomic E-state index is -3.59. The van der Waals surface area contributed by atoms with Crippen LogP contribution in [0.5, 0.6) is 5.75 Å². The summed E-state index contributed by atoms with van der Waals surface area (Å²) in [7, 11) is -3.18. The number of carbonyl (C=O) groups is 1. The molecule has 0 atom stereocenters. The van der Waals surface area contributed by atoms with Crippen LogP contribution in [0.4, 0.5) is 0 Å². The molecule has 0 saturated carbocycles. The number of carbonyl (C=O) groups excluding carboxylic acids is 1. The van der Waals surface area contributed by atoms with E-state index in [-0.39, 0.29) is 19.4 Å². The van der Waals surface area contributed by atoms with Gasteiger partial charge >= 0.3 is 21.4 Å². The smallest absolute Gasteiger partial charge is 0.469 e. The van der Waals surface area contributed by atoms with Crippen LogP contribution in [0.2, 0.25) is 0 Å². The molecule has 2 rings (SSSR count). The monoisotopic (exact) mass is 488 g/mol. The average molecular weight is 488 g/mol. The lowest BCUT2D eigenvalue weighted by molar-refractivity contribution is -0.137. The number of rotatable bonds is 11. The van der Waals surface area contributed by atoms with E-state index in [9.17, 15) is 13.9 Å². The third-order valence-electron chi connectivity index (χ3n) is 3.86. The second kappa shape index (κ2) is 14.2. The quantitative estimate of drug-likeness (QED) is 0.297. The van der Waals surface area contributed by atoms with E-state index in [4.69, 9.17) is 13.6 Å². The number of para-hydroxylation sites is 1. The fourth-order valence-electron chi connectivity index (χ4n) is 2.36. The number of hydrogen-bond acceptors (Lipinski definition) is 9. The number of phosphoric acid groups is 1. The molecule has 0 unspecified atom stereocenters. The van der Waals surface area contributed by atoms with Gasteiger partial charge in [-0.2, -0.15) is 0 Å². The van der Waals surface area contributed by atoms with Gasteiger partial charge in [0.05, 0.1) is 20.3 Å². The summed E-state index contributed by atoms with van der Waals surface area (Å²) in [6, 6.07) is 17.2. The number of esters is 1. The van der Waals surface area contributed by atoms with E-state index in [1.54, 1.807) is 19.9 Å². The molecule has 2 aromatic carbocycles. The summed E-state index contributed by atoms with van der Waals surface area (Å²) in [4.78, 5) is 10.6. The third kappa shape index (κ3) is 9.25. The fourth-order valence-corrected chi connectivity index (χ4v) is 4.42. The highest BCUT2D eigenvalue weighted by Crippen LogP contribution is 2.51. The summed E-state index contributed by atoms with van der Waals surface area (Å²) in [6.07, 6.45) is -0.351. The Balaban J connectivity index is 0.000000396. The highest BCUT2D eigenvalue weighted by atomic mass is 31.2. The Hall–Kier alpha value is -1.99. The van der Waals surface area contributed by atoms with E-state index >= 15 is 0 Å². The topological polar surface area (TPSA) is 107 Å². The molecule has 0 N–H and O–H groups in total. The molecule has 0 aliphatic heterocycles. The maximum absolute atomic E-state index is 12.5. The van der Waals surface area contributed by atoms with Crippen molar-refractivity contribution in [3.05, 3.63) is 54.6 Å². The summed E-state index contributed by atoms with van der Waals surface area (Å²) < 4.78 is 52.9. The van der Waals surface area contributed by atoms with Crippen molar-refractivity contribution in [3.8, 4) is 16.9 Å². The predicted molar refractivity (Wildman–Crippen MR) is 122 cm³/mol. The Morgan fingerprint density at radius 2 is 1.34 bits per heavy atom. The predicted octanol–water partition coefficient (Wildman–Crippen LogP) is 5.56. The Kier molecular flexibility index (Phi) is 12.5. The first-order valence-electron chi connectivity index (χ1n) is 9.76. The van der Waals surface area contributed by atoms with E-state index in [1.165, 1.54) is 21.3 Å². The van der Waals surface area contributed by atoms with Crippen molar-refractivity contribution in [1.29, 1.82) is 0 Å². The normalized spacial score (nSPS) is 11.3. The van der Waals surface area contributed by atoms with Crippen LogP contribution in [0, 0.1) is 0 Å². The van der Waals surface area contributed by atoms with E-state index in [2.05, 4.69) is 13.8 Å². The zero-order valence-corrected chi connectivity index (χ0v) is 20.7. The maximum atomic E-state index is 12.5. The third-order valence-corrected chi connectivity index (χ3v) is 7.19. The van der Waals surface area contributed by atoms with Crippen LogP contribution in [0.1, 0.15) is 13.8 Å². The van der Waals surface area contributed by atoms with Crippen molar-refractivity contribution in [2.45, 2.75) is 13.8 Å². The molecule has 178 valence electrons. The lowest BCUT2D eigenvalue weighted by Gasteiger charge is -2.19. The van der Waals surface area contributed by atoms with Gasteiger partial charge in [-0.05, 0) is 25.5 Å². The van der Waals surface area contributed by atoms with Crippen molar-refractivity contribution in [2.75, 3.05) is 40.7 Å². The number of methoxy groups -OCH3 is 1. The Morgan fingerprint density at radius 3 is 1.84 bits per heavy atom. The maximum Gasteiger partial charge on any atom is 0.530 e. The molecule has 0 saturated heterocycles. The molecular weight excluding hydrogens is 458 g/mol. The second-order valence-electron chi connectivity index (χ2n) is 5.95. The zero-order valence-electron chi connectivity index (χ0n) is 18.9. The summed E-state index contributed by atoms with van der Waals surface area (Å²) in [5.74, 6) is -0.133. The Bertz CT molecular complexity index is 900. The molecule has 32 heavy (non-hydrogen) atoms. The van der Waals surface area contributed by atoms with Crippen molar-refractivity contribution in [3.63, 3.8) is 0 Å². The van der Waals surface area contributed by atoms with Gasteiger partial charge in [0.2, 0.25) is 0 Å². The van der Waals surface area contributed by atoms with E-state index in [1.807, 2.05) is 48.5 Å². The van der Waals surface area contributed by atoms with Gasteiger partial charge < -0.3 is 18.3 Å². The number of ether oxygens (including phenoxy) is 1. The van der Waals surface area contributed by atoms with Crippen molar-refractivity contribution in [1.82, 2.24) is 0 Å². The average Bonchev–Trinajstić information content (AvgIpc) is 2.80. The number of hydrogen-bond donors (Lipinski definition) is 0. The lowest BCUT2D eigenvalue weighted by Crippen LogP contribution is -2.08. The van der Waals surface area contributed by atoms with E-state index in [0.717, 1.165) is 11.1 Å². The van der Waals surface area contributed by atoms with Crippen LogP contribution >= 0.6 is 15.4 Å². The van der Waals surface area contributed by atoms with E-state index < -0.39 is 21.4 Å². The zero-order chi connectivity index (χ0) is 24.0. The van der Waals surface area contributed by atoms with Crippen molar-refractivity contribution >= 4 is 21.4 Å². The standard InChI is InChI=1S/C16H19O4P.C5H11O5P/c1-3-18-21(17,19-4-2)20-16-13-9-8-12-15(16)14-10-6-5-7-11-14;1-8-5(6)4-11(7,9-2)10-3/h5-13H,3-4H2,1-2H3;4H2,1-3H3. The van der Waals surface area contributed by atoms with Gasteiger partial charge in [0.25, 0.3) is 0 Å². The Morgan fingerprint density at radius 1 is 0.812 bits per heavy atom. The van der Waals surface area contributed by atoms with Gasteiger partial charge in [-0.15, -0.1) is 0 Å². The first kappa shape index (κ1) is 28.0. The van der Waals surface area contributed by atoms with Gasteiger partial charge in [-0.1, -0.05) is 48.5 Å². The lowest BCUT2D eigenvalue weighted by atomic mass is 10.1. The summed E-state index contributed by atoms with van der Waals surface area (Å²) in [5.41, 5.74) is 1.82. The van der Waals surface area contributed by atoms with Crippen molar-refractivity contribution in [2.24, 2.45) is 0 Å². The summed E-state index contributed by atoms with van der Waals surface area (Å²) >= 11 is 0. The molecular formula is C21H30O9P2. The molecule has 0 fully saturated rings. The molecule has 2 aromatic rings. The van der Waals surface area contributed by atoms with Gasteiger partial charge in [0, 0.05) is 19.8 Å². The molecule has 0 radical (unpaired) electrons.